The second-order valence-electron chi connectivity index (χ2n) is 4.65. The molecule has 16 heavy (non-hydrogen) atoms. The van der Waals surface area contributed by atoms with Crippen LogP contribution in [0.2, 0.25) is 0 Å². The lowest BCUT2D eigenvalue weighted by Gasteiger charge is -2.45. The molecule has 2 rings (SSSR count). The highest BCUT2D eigenvalue weighted by Crippen LogP contribution is 2.29. The summed E-state index contributed by atoms with van der Waals surface area (Å²) in [6.45, 7) is 6.52. The van der Waals surface area contributed by atoms with Crippen molar-refractivity contribution in [3.8, 4) is 0 Å². The van der Waals surface area contributed by atoms with Crippen LogP contribution in [0.4, 0.5) is 0 Å². The maximum absolute atomic E-state index is 5.64. The van der Waals surface area contributed by atoms with E-state index in [0.717, 1.165) is 26.3 Å². The number of nitrogens with zero attached hydrogens (tertiary/aromatic N) is 1. The zero-order valence-electron chi connectivity index (χ0n) is 10.4. The molecular formula is C12H23NO3. The lowest BCUT2D eigenvalue weighted by Crippen LogP contribution is -2.55. The van der Waals surface area contributed by atoms with E-state index in [-0.39, 0.29) is 6.10 Å². The summed E-state index contributed by atoms with van der Waals surface area (Å²) in [5.74, 6) is 0. The summed E-state index contributed by atoms with van der Waals surface area (Å²) >= 11 is 0. The van der Waals surface area contributed by atoms with Crippen molar-refractivity contribution in [1.82, 2.24) is 4.90 Å². The molecule has 94 valence electrons. The van der Waals surface area contributed by atoms with E-state index in [1.165, 1.54) is 12.8 Å². The molecule has 0 amide bonds. The first kappa shape index (κ1) is 12.3. The summed E-state index contributed by atoms with van der Waals surface area (Å²) in [4.78, 5) is 2.53. The molecule has 1 saturated carbocycles. The van der Waals surface area contributed by atoms with Crippen LogP contribution < -0.4 is 0 Å². The molecule has 2 fully saturated rings. The number of hydrogen-bond acceptors (Lipinski definition) is 4. The third kappa shape index (κ3) is 2.94. The van der Waals surface area contributed by atoms with Gasteiger partial charge in [-0.2, -0.15) is 0 Å². The summed E-state index contributed by atoms with van der Waals surface area (Å²) in [7, 11) is 1.73. The van der Waals surface area contributed by atoms with Crippen molar-refractivity contribution in [3.05, 3.63) is 0 Å². The van der Waals surface area contributed by atoms with Gasteiger partial charge in [0.15, 0.2) is 0 Å². The Balaban J connectivity index is 1.70. The van der Waals surface area contributed by atoms with Gasteiger partial charge in [-0.1, -0.05) is 0 Å². The fourth-order valence-corrected chi connectivity index (χ4v) is 2.57. The van der Waals surface area contributed by atoms with Crippen molar-refractivity contribution < 1.29 is 14.2 Å². The van der Waals surface area contributed by atoms with Gasteiger partial charge < -0.3 is 14.2 Å². The molecule has 0 unspecified atom stereocenters. The van der Waals surface area contributed by atoms with Gasteiger partial charge in [-0.05, 0) is 19.8 Å². The lowest BCUT2D eigenvalue weighted by molar-refractivity contribution is -0.107. The smallest absolute Gasteiger partial charge is 0.0935 e. The molecule has 0 aromatic rings. The van der Waals surface area contributed by atoms with Crippen molar-refractivity contribution >= 4 is 0 Å². The van der Waals surface area contributed by atoms with E-state index in [2.05, 4.69) is 11.8 Å². The van der Waals surface area contributed by atoms with Crippen LogP contribution >= 0.6 is 0 Å². The fourth-order valence-electron chi connectivity index (χ4n) is 2.57. The normalized spacial score (nSPS) is 36.0. The molecule has 0 radical (unpaired) electrons. The van der Waals surface area contributed by atoms with Gasteiger partial charge in [-0.25, -0.2) is 0 Å². The molecule has 2 aliphatic rings. The summed E-state index contributed by atoms with van der Waals surface area (Å²) in [5.41, 5.74) is 0. The quantitative estimate of drug-likeness (QED) is 0.701. The van der Waals surface area contributed by atoms with Crippen LogP contribution in [0, 0.1) is 0 Å². The summed E-state index contributed by atoms with van der Waals surface area (Å²) < 4.78 is 16.4. The Bertz CT molecular complexity index is 204. The summed E-state index contributed by atoms with van der Waals surface area (Å²) in [6, 6.07) is 0.708. The zero-order chi connectivity index (χ0) is 11.4. The number of ether oxygens (including phenoxy) is 3. The first-order chi connectivity index (χ1) is 7.83. The number of rotatable bonds is 5. The van der Waals surface area contributed by atoms with E-state index in [4.69, 9.17) is 14.2 Å². The van der Waals surface area contributed by atoms with Gasteiger partial charge in [-0.3, -0.25) is 4.90 Å². The molecule has 4 nitrogen and oxygen atoms in total. The topological polar surface area (TPSA) is 30.9 Å². The van der Waals surface area contributed by atoms with Gasteiger partial charge in [0.05, 0.1) is 25.4 Å². The Labute approximate surface area is 97.8 Å². The minimum atomic E-state index is 0.255. The maximum atomic E-state index is 5.64. The van der Waals surface area contributed by atoms with Gasteiger partial charge >= 0.3 is 0 Å². The van der Waals surface area contributed by atoms with Crippen LogP contribution in [0.25, 0.3) is 0 Å². The van der Waals surface area contributed by atoms with Crippen molar-refractivity contribution in [1.29, 1.82) is 0 Å². The van der Waals surface area contributed by atoms with Gasteiger partial charge in [-0.15, -0.1) is 0 Å². The van der Waals surface area contributed by atoms with Crippen LogP contribution in [0.5, 0.6) is 0 Å². The molecule has 0 aromatic carbocycles. The molecule has 1 saturated heterocycles. The van der Waals surface area contributed by atoms with Gasteiger partial charge in [0.2, 0.25) is 0 Å². The third-order valence-corrected chi connectivity index (χ3v) is 3.51. The Morgan fingerprint density at radius 2 is 2.19 bits per heavy atom. The Morgan fingerprint density at radius 3 is 2.88 bits per heavy atom. The molecule has 0 bridgehead atoms. The first-order valence-electron chi connectivity index (χ1n) is 6.29. The molecule has 1 aliphatic carbocycles. The minimum Gasteiger partial charge on any atom is -0.382 e. The second kappa shape index (κ2) is 5.96. The van der Waals surface area contributed by atoms with Crippen molar-refractivity contribution in [2.75, 3.05) is 40.0 Å². The fraction of sp³-hybridized carbons (Fsp3) is 1.00. The SMILES string of the molecule is CCOC1CC(N2CCO[C@H](COC)C2)C1. The van der Waals surface area contributed by atoms with Crippen LogP contribution in [0.1, 0.15) is 19.8 Å². The van der Waals surface area contributed by atoms with Gasteiger partial charge in [0, 0.05) is 32.8 Å². The molecule has 4 heteroatoms. The molecule has 1 heterocycles. The Morgan fingerprint density at radius 1 is 1.38 bits per heavy atom. The van der Waals surface area contributed by atoms with E-state index < -0.39 is 0 Å². The van der Waals surface area contributed by atoms with Gasteiger partial charge in [0.1, 0.15) is 0 Å². The molecule has 0 N–H and O–H groups in total. The maximum Gasteiger partial charge on any atom is 0.0935 e. The largest absolute Gasteiger partial charge is 0.382 e. The summed E-state index contributed by atoms with van der Waals surface area (Å²) in [5, 5.41) is 0. The number of morpholine rings is 1. The van der Waals surface area contributed by atoms with E-state index in [1.54, 1.807) is 7.11 Å². The van der Waals surface area contributed by atoms with Crippen molar-refractivity contribution in [3.63, 3.8) is 0 Å². The van der Waals surface area contributed by atoms with E-state index in [1.807, 2.05) is 0 Å². The van der Waals surface area contributed by atoms with Crippen LogP contribution in [0.15, 0.2) is 0 Å². The third-order valence-electron chi connectivity index (χ3n) is 3.51. The highest BCUT2D eigenvalue weighted by atomic mass is 16.5. The van der Waals surface area contributed by atoms with Crippen LogP contribution in [-0.4, -0.2) is 63.2 Å². The highest BCUT2D eigenvalue weighted by molar-refractivity contribution is 4.90. The lowest BCUT2D eigenvalue weighted by atomic mass is 9.87. The molecule has 1 aliphatic heterocycles. The van der Waals surface area contributed by atoms with Crippen molar-refractivity contribution in [2.45, 2.75) is 38.0 Å². The van der Waals surface area contributed by atoms with Crippen LogP contribution in [-0.2, 0) is 14.2 Å². The van der Waals surface area contributed by atoms with Crippen molar-refractivity contribution in [2.24, 2.45) is 0 Å². The number of methoxy groups -OCH3 is 1. The monoisotopic (exact) mass is 229 g/mol. The van der Waals surface area contributed by atoms with E-state index >= 15 is 0 Å². The standard InChI is InChI=1S/C12H23NO3/c1-3-15-11-6-10(7-11)13-4-5-16-12(8-13)9-14-2/h10-12H,3-9H2,1-2H3/t10?,11?,12-/m0/s1. The predicted octanol–water partition coefficient (Wildman–Crippen LogP) is 0.901. The first-order valence-corrected chi connectivity index (χ1v) is 6.29. The average molecular weight is 229 g/mol. The Kier molecular flexibility index (Phi) is 4.58. The van der Waals surface area contributed by atoms with Crippen LogP contribution in [0.3, 0.4) is 0 Å². The molecule has 1 atom stereocenters. The van der Waals surface area contributed by atoms with E-state index in [9.17, 15) is 0 Å². The van der Waals surface area contributed by atoms with E-state index in [0.29, 0.717) is 18.8 Å². The number of hydrogen-bond donors (Lipinski definition) is 0. The average Bonchev–Trinajstić information content (AvgIpc) is 2.24. The molecular weight excluding hydrogens is 206 g/mol. The minimum absolute atomic E-state index is 0.255. The van der Waals surface area contributed by atoms with Gasteiger partial charge in [0.25, 0.3) is 0 Å². The zero-order valence-corrected chi connectivity index (χ0v) is 10.4. The Hall–Kier alpha value is -0.160. The predicted molar refractivity (Wildman–Crippen MR) is 61.6 cm³/mol. The second-order valence-corrected chi connectivity index (χ2v) is 4.65. The summed E-state index contributed by atoms with van der Waals surface area (Å²) in [6.07, 6.45) is 3.13. The molecule has 0 aromatic heterocycles. The molecule has 0 spiro atoms. The highest BCUT2D eigenvalue weighted by Gasteiger charge is 2.36.